The summed E-state index contributed by atoms with van der Waals surface area (Å²) in [7, 11) is 0. The first-order valence-corrected chi connectivity index (χ1v) is 9.54. The van der Waals surface area contributed by atoms with Gasteiger partial charge in [-0.3, -0.25) is 4.79 Å². The van der Waals surface area contributed by atoms with Gasteiger partial charge in [-0.1, -0.05) is 36.4 Å². The number of amides is 3. The number of hydrogen-bond donors (Lipinski definition) is 4. The minimum Gasteiger partial charge on any atom is -0.435 e. The Kier molecular flexibility index (Phi) is 5.71. The Morgan fingerprint density at radius 3 is 2.34 bits per heavy atom. The molecule has 162 valence electrons. The molecule has 0 saturated carbocycles. The van der Waals surface area contributed by atoms with Crippen molar-refractivity contribution in [3.05, 3.63) is 78.5 Å². The molecule has 0 aliphatic rings. The van der Waals surface area contributed by atoms with Gasteiger partial charge in [-0.05, 0) is 35.9 Å². The van der Waals surface area contributed by atoms with Gasteiger partial charge >= 0.3 is 12.6 Å². The number of anilines is 2. The van der Waals surface area contributed by atoms with Gasteiger partial charge < -0.3 is 26.1 Å². The number of para-hydroxylation sites is 1. The molecule has 0 fully saturated rings. The highest BCUT2D eigenvalue weighted by Gasteiger charge is 2.17. The standard InChI is InChI=1S/C23H18F2N4O3/c24-22(25)32-16-5-3-4-15(12-16)28-23(31)27-14-10-8-13(9-11-14)19-17-6-1-2-7-18(17)29-20(19)21(26)30/h1-12,22,29H,(H2,26,30)(H2,27,28,31). The van der Waals surface area contributed by atoms with Gasteiger partial charge in [0, 0.05) is 33.9 Å². The molecule has 9 heteroatoms. The average Bonchev–Trinajstić information content (AvgIpc) is 3.14. The molecular weight excluding hydrogens is 418 g/mol. The fourth-order valence-electron chi connectivity index (χ4n) is 3.39. The van der Waals surface area contributed by atoms with Crippen molar-refractivity contribution in [3.63, 3.8) is 0 Å². The summed E-state index contributed by atoms with van der Waals surface area (Å²) in [5.74, 6) is -0.637. The van der Waals surface area contributed by atoms with Crippen LogP contribution in [0.15, 0.2) is 72.8 Å². The Morgan fingerprint density at radius 2 is 1.62 bits per heavy atom. The van der Waals surface area contributed by atoms with Gasteiger partial charge in [0.2, 0.25) is 0 Å². The molecule has 1 heterocycles. The number of aromatic nitrogens is 1. The summed E-state index contributed by atoms with van der Waals surface area (Å²) < 4.78 is 29.0. The number of aromatic amines is 1. The second kappa shape index (κ2) is 8.76. The van der Waals surface area contributed by atoms with E-state index >= 15 is 0 Å². The Balaban J connectivity index is 1.50. The minimum atomic E-state index is -2.95. The summed E-state index contributed by atoms with van der Waals surface area (Å²) in [5.41, 5.74) is 8.84. The van der Waals surface area contributed by atoms with Crippen molar-refractivity contribution in [3.8, 4) is 16.9 Å². The number of nitrogens with one attached hydrogen (secondary N) is 3. The second-order valence-electron chi connectivity index (χ2n) is 6.85. The summed E-state index contributed by atoms with van der Waals surface area (Å²) in [6, 6.07) is 19.5. The van der Waals surface area contributed by atoms with E-state index in [9.17, 15) is 18.4 Å². The lowest BCUT2D eigenvalue weighted by Crippen LogP contribution is -2.19. The van der Waals surface area contributed by atoms with Crippen LogP contribution in [-0.4, -0.2) is 23.5 Å². The molecule has 32 heavy (non-hydrogen) atoms. The van der Waals surface area contributed by atoms with Gasteiger partial charge in [0.15, 0.2) is 0 Å². The predicted molar refractivity (Wildman–Crippen MR) is 118 cm³/mol. The number of hydrogen-bond acceptors (Lipinski definition) is 3. The van der Waals surface area contributed by atoms with Crippen LogP contribution >= 0.6 is 0 Å². The average molecular weight is 436 g/mol. The van der Waals surface area contributed by atoms with E-state index in [1.165, 1.54) is 18.2 Å². The molecule has 0 saturated heterocycles. The van der Waals surface area contributed by atoms with E-state index in [0.717, 1.165) is 16.5 Å². The van der Waals surface area contributed by atoms with Crippen LogP contribution < -0.4 is 21.1 Å². The molecule has 0 radical (unpaired) electrons. The monoisotopic (exact) mass is 436 g/mol. The predicted octanol–water partition coefficient (Wildman–Crippen LogP) is 5.18. The molecule has 0 spiro atoms. The zero-order valence-corrected chi connectivity index (χ0v) is 16.6. The first-order chi connectivity index (χ1) is 15.4. The van der Waals surface area contributed by atoms with Crippen molar-refractivity contribution in [1.82, 2.24) is 4.98 Å². The third kappa shape index (κ3) is 4.51. The van der Waals surface area contributed by atoms with Crippen LogP contribution in [0, 0.1) is 0 Å². The first kappa shape index (κ1) is 20.9. The van der Waals surface area contributed by atoms with E-state index in [1.807, 2.05) is 24.3 Å². The maximum atomic E-state index is 12.3. The Bertz CT molecular complexity index is 1290. The second-order valence-corrected chi connectivity index (χ2v) is 6.85. The number of halogens is 2. The number of urea groups is 1. The summed E-state index contributed by atoms with van der Waals surface area (Å²) in [5, 5.41) is 6.07. The molecule has 5 N–H and O–H groups in total. The number of primary amides is 1. The van der Waals surface area contributed by atoms with E-state index < -0.39 is 18.5 Å². The quantitative estimate of drug-likeness (QED) is 0.334. The number of ether oxygens (including phenoxy) is 1. The zero-order chi connectivity index (χ0) is 22.7. The maximum Gasteiger partial charge on any atom is 0.387 e. The van der Waals surface area contributed by atoms with Crippen LogP contribution in [0.1, 0.15) is 10.5 Å². The van der Waals surface area contributed by atoms with Crippen LogP contribution in [-0.2, 0) is 0 Å². The minimum absolute atomic E-state index is 0.0638. The number of fused-ring (bicyclic) bond motifs is 1. The highest BCUT2D eigenvalue weighted by molar-refractivity contribution is 6.09. The zero-order valence-electron chi connectivity index (χ0n) is 16.6. The van der Waals surface area contributed by atoms with Crippen LogP contribution in [0.4, 0.5) is 25.0 Å². The molecule has 3 aromatic carbocycles. The van der Waals surface area contributed by atoms with Gasteiger partial charge in [0.1, 0.15) is 11.4 Å². The normalized spacial score (nSPS) is 10.8. The number of rotatable bonds is 6. The van der Waals surface area contributed by atoms with E-state index in [2.05, 4.69) is 20.4 Å². The van der Waals surface area contributed by atoms with Gasteiger partial charge in [0.25, 0.3) is 5.91 Å². The molecule has 0 atom stereocenters. The molecule has 0 unspecified atom stereocenters. The summed E-state index contributed by atoms with van der Waals surface area (Å²) in [4.78, 5) is 27.2. The Hall–Kier alpha value is -4.40. The molecule has 0 bridgehead atoms. The van der Waals surface area contributed by atoms with E-state index in [1.54, 1.807) is 30.3 Å². The van der Waals surface area contributed by atoms with Crippen LogP contribution in [0.2, 0.25) is 0 Å². The van der Waals surface area contributed by atoms with Crippen molar-refractivity contribution in [2.75, 3.05) is 10.6 Å². The van der Waals surface area contributed by atoms with Gasteiger partial charge in [-0.15, -0.1) is 0 Å². The lowest BCUT2D eigenvalue weighted by Gasteiger charge is -2.10. The third-order valence-corrected chi connectivity index (χ3v) is 4.70. The molecule has 7 nitrogen and oxygen atoms in total. The highest BCUT2D eigenvalue weighted by Crippen LogP contribution is 2.33. The van der Waals surface area contributed by atoms with Gasteiger partial charge in [-0.25, -0.2) is 4.79 Å². The number of H-pyrrole nitrogens is 1. The van der Waals surface area contributed by atoms with E-state index in [4.69, 9.17) is 5.73 Å². The largest absolute Gasteiger partial charge is 0.435 e. The first-order valence-electron chi connectivity index (χ1n) is 9.54. The smallest absolute Gasteiger partial charge is 0.387 e. The van der Waals surface area contributed by atoms with Crippen LogP contribution in [0.25, 0.3) is 22.0 Å². The van der Waals surface area contributed by atoms with Crippen molar-refractivity contribution >= 4 is 34.2 Å². The van der Waals surface area contributed by atoms with Crippen molar-refractivity contribution < 1.29 is 23.1 Å². The fraction of sp³-hybridized carbons (Fsp3) is 0.0435. The number of nitrogens with two attached hydrogens (primary N) is 1. The van der Waals surface area contributed by atoms with Crippen LogP contribution in [0.5, 0.6) is 5.75 Å². The SMILES string of the molecule is NC(=O)c1[nH]c2ccccc2c1-c1ccc(NC(=O)Nc2cccc(OC(F)F)c2)cc1. The van der Waals surface area contributed by atoms with Crippen molar-refractivity contribution in [2.45, 2.75) is 6.61 Å². The lowest BCUT2D eigenvalue weighted by atomic mass is 10.0. The molecule has 4 rings (SSSR count). The van der Waals surface area contributed by atoms with Gasteiger partial charge in [0.05, 0.1) is 0 Å². The molecule has 1 aromatic heterocycles. The number of benzene rings is 3. The molecule has 0 aliphatic carbocycles. The molecular formula is C23H18F2N4O3. The third-order valence-electron chi connectivity index (χ3n) is 4.70. The highest BCUT2D eigenvalue weighted by atomic mass is 19.3. The molecule has 0 aliphatic heterocycles. The molecule has 3 amide bonds. The number of carbonyl (C=O) groups is 2. The lowest BCUT2D eigenvalue weighted by molar-refractivity contribution is -0.0498. The Morgan fingerprint density at radius 1 is 0.906 bits per heavy atom. The summed E-state index contributed by atoms with van der Waals surface area (Å²) in [6.45, 7) is -2.95. The number of alkyl halides is 2. The topological polar surface area (TPSA) is 109 Å². The summed E-state index contributed by atoms with van der Waals surface area (Å²) in [6.07, 6.45) is 0. The number of carbonyl (C=O) groups excluding carboxylic acids is 2. The fourth-order valence-corrected chi connectivity index (χ4v) is 3.39. The van der Waals surface area contributed by atoms with Crippen molar-refractivity contribution in [2.24, 2.45) is 5.73 Å². The Labute approximate surface area is 181 Å². The van der Waals surface area contributed by atoms with Crippen molar-refractivity contribution in [1.29, 1.82) is 0 Å². The van der Waals surface area contributed by atoms with E-state index in [0.29, 0.717) is 22.6 Å². The van der Waals surface area contributed by atoms with Crippen LogP contribution in [0.3, 0.4) is 0 Å². The summed E-state index contributed by atoms with van der Waals surface area (Å²) >= 11 is 0. The maximum absolute atomic E-state index is 12.3. The van der Waals surface area contributed by atoms with E-state index in [-0.39, 0.29) is 5.75 Å². The van der Waals surface area contributed by atoms with Gasteiger partial charge in [-0.2, -0.15) is 8.78 Å². The molecule has 4 aromatic rings.